The van der Waals surface area contributed by atoms with Crippen LogP contribution in [0.3, 0.4) is 0 Å². The number of benzene rings is 2. The van der Waals surface area contributed by atoms with E-state index in [1.807, 2.05) is 41.8 Å². The molecule has 0 aliphatic heterocycles. The van der Waals surface area contributed by atoms with Crippen LogP contribution in [0.15, 0.2) is 66.3 Å². The van der Waals surface area contributed by atoms with Gasteiger partial charge in [0.15, 0.2) is 11.0 Å². The lowest BCUT2D eigenvalue weighted by atomic mass is 10.1. The van der Waals surface area contributed by atoms with Gasteiger partial charge in [-0.05, 0) is 31.0 Å². The molecule has 6 heteroatoms. The van der Waals surface area contributed by atoms with E-state index in [0.29, 0.717) is 24.5 Å². The number of nitrogens with zero attached hydrogens (tertiary/aromatic N) is 3. The quantitative estimate of drug-likeness (QED) is 0.459. The molecule has 28 heavy (non-hydrogen) atoms. The van der Waals surface area contributed by atoms with Crippen LogP contribution in [0.25, 0.3) is 0 Å². The van der Waals surface area contributed by atoms with Gasteiger partial charge in [0.05, 0.1) is 6.54 Å². The zero-order valence-electron chi connectivity index (χ0n) is 16.2. The number of nitrogens with one attached hydrogen (secondary N) is 1. The highest BCUT2D eigenvalue weighted by Gasteiger charge is 2.14. The second-order valence-electron chi connectivity index (χ2n) is 6.57. The molecule has 5 nitrogen and oxygen atoms in total. The van der Waals surface area contributed by atoms with Gasteiger partial charge in [0.2, 0.25) is 0 Å². The molecule has 0 unspecified atom stereocenters. The first-order chi connectivity index (χ1) is 13.6. The lowest BCUT2D eigenvalue weighted by Crippen LogP contribution is -2.25. The van der Waals surface area contributed by atoms with Crippen LogP contribution < -0.4 is 5.32 Å². The third-order valence-electron chi connectivity index (χ3n) is 4.39. The Morgan fingerprint density at radius 1 is 1.14 bits per heavy atom. The topological polar surface area (TPSA) is 59.8 Å². The molecule has 0 aliphatic carbocycles. The zero-order chi connectivity index (χ0) is 19.9. The van der Waals surface area contributed by atoms with Crippen molar-refractivity contribution in [1.82, 2.24) is 20.1 Å². The summed E-state index contributed by atoms with van der Waals surface area (Å²) in [5.74, 6) is 1.42. The average molecular weight is 393 g/mol. The first-order valence-corrected chi connectivity index (χ1v) is 10.1. The maximum absolute atomic E-state index is 12.5. The summed E-state index contributed by atoms with van der Waals surface area (Å²) in [5, 5.41) is 12.4. The molecule has 2 aromatic carbocycles. The highest BCUT2D eigenvalue weighted by Crippen LogP contribution is 2.22. The summed E-state index contributed by atoms with van der Waals surface area (Å²) < 4.78 is 1.99. The monoisotopic (exact) mass is 392 g/mol. The second kappa shape index (κ2) is 9.37. The van der Waals surface area contributed by atoms with Crippen molar-refractivity contribution in [3.8, 4) is 0 Å². The number of thioether (sulfide) groups is 1. The van der Waals surface area contributed by atoms with Gasteiger partial charge in [0, 0.05) is 17.9 Å². The summed E-state index contributed by atoms with van der Waals surface area (Å²) in [7, 11) is 0. The number of aryl methyl sites for hydroxylation is 2. The van der Waals surface area contributed by atoms with E-state index in [-0.39, 0.29) is 5.91 Å². The van der Waals surface area contributed by atoms with E-state index in [1.165, 1.54) is 11.1 Å². The van der Waals surface area contributed by atoms with Gasteiger partial charge in [-0.15, -0.1) is 16.8 Å². The maximum Gasteiger partial charge on any atom is 0.251 e. The summed E-state index contributed by atoms with van der Waals surface area (Å²) >= 11 is 1.63. The molecular weight excluding hydrogens is 368 g/mol. The van der Waals surface area contributed by atoms with Crippen molar-refractivity contribution >= 4 is 17.7 Å². The Bertz CT molecular complexity index is 963. The van der Waals surface area contributed by atoms with Crippen LogP contribution in [0.1, 0.15) is 32.9 Å². The molecule has 0 spiro atoms. The minimum Gasteiger partial charge on any atom is -0.345 e. The molecule has 1 N–H and O–H groups in total. The number of rotatable bonds is 8. The molecule has 0 bridgehead atoms. The van der Waals surface area contributed by atoms with Gasteiger partial charge in [-0.1, -0.05) is 65.9 Å². The molecule has 0 saturated carbocycles. The van der Waals surface area contributed by atoms with Gasteiger partial charge in [-0.3, -0.25) is 4.79 Å². The molecule has 0 fully saturated rings. The van der Waals surface area contributed by atoms with Gasteiger partial charge < -0.3 is 9.88 Å². The molecule has 1 aromatic heterocycles. The predicted molar refractivity (Wildman–Crippen MR) is 113 cm³/mol. The van der Waals surface area contributed by atoms with Crippen LogP contribution in [0.5, 0.6) is 0 Å². The molecule has 0 saturated heterocycles. The Kier molecular flexibility index (Phi) is 6.66. The van der Waals surface area contributed by atoms with Crippen LogP contribution in [0, 0.1) is 13.8 Å². The first kappa shape index (κ1) is 19.9. The Labute approximate surface area is 169 Å². The molecule has 1 heterocycles. The van der Waals surface area contributed by atoms with Crippen LogP contribution in [-0.4, -0.2) is 20.7 Å². The van der Waals surface area contributed by atoms with Crippen LogP contribution >= 0.6 is 11.8 Å². The van der Waals surface area contributed by atoms with Crippen molar-refractivity contribution in [3.05, 3.63) is 89.3 Å². The van der Waals surface area contributed by atoms with E-state index in [2.05, 4.69) is 53.3 Å². The predicted octanol–water partition coefficient (Wildman–Crippen LogP) is 4.30. The van der Waals surface area contributed by atoms with E-state index in [9.17, 15) is 4.79 Å². The molecule has 1 amide bonds. The molecule has 3 rings (SSSR count). The van der Waals surface area contributed by atoms with Gasteiger partial charge in [0.25, 0.3) is 5.91 Å². The van der Waals surface area contributed by atoms with Crippen LogP contribution in [0.2, 0.25) is 0 Å². The number of hydrogen-bond donors (Lipinski definition) is 1. The van der Waals surface area contributed by atoms with Gasteiger partial charge in [-0.25, -0.2) is 0 Å². The fourth-order valence-corrected chi connectivity index (χ4v) is 3.71. The highest BCUT2D eigenvalue weighted by molar-refractivity contribution is 7.98. The minimum absolute atomic E-state index is 0.111. The van der Waals surface area contributed by atoms with Crippen LogP contribution in [-0.2, 0) is 18.8 Å². The van der Waals surface area contributed by atoms with Crippen molar-refractivity contribution in [3.63, 3.8) is 0 Å². The normalized spacial score (nSPS) is 10.6. The third kappa shape index (κ3) is 4.89. The Morgan fingerprint density at radius 2 is 1.89 bits per heavy atom. The Balaban J connectivity index is 1.68. The van der Waals surface area contributed by atoms with Crippen LogP contribution in [0.4, 0.5) is 0 Å². The number of hydrogen-bond acceptors (Lipinski definition) is 4. The van der Waals surface area contributed by atoms with E-state index < -0.39 is 0 Å². The smallest absolute Gasteiger partial charge is 0.251 e. The molecule has 0 aliphatic rings. The van der Waals surface area contributed by atoms with Crippen molar-refractivity contribution in [2.24, 2.45) is 0 Å². The van der Waals surface area contributed by atoms with Gasteiger partial charge >= 0.3 is 0 Å². The van der Waals surface area contributed by atoms with Gasteiger partial charge in [0.1, 0.15) is 0 Å². The number of amides is 1. The van der Waals surface area contributed by atoms with Crippen molar-refractivity contribution in [1.29, 1.82) is 0 Å². The fraction of sp³-hybridized carbons (Fsp3) is 0.227. The van der Waals surface area contributed by atoms with E-state index >= 15 is 0 Å². The minimum atomic E-state index is -0.111. The summed E-state index contributed by atoms with van der Waals surface area (Å²) in [6.07, 6.45) is 1.81. The summed E-state index contributed by atoms with van der Waals surface area (Å²) in [5.41, 5.74) is 4.10. The molecule has 144 valence electrons. The lowest BCUT2D eigenvalue weighted by Gasteiger charge is -2.10. The number of carbonyl (C=O) groups is 1. The number of carbonyl (C=O) groups excluding carboxylic acids is 1. The zero-order valence-corrected chi connectivity index (χ0v) is 17.0. The molecule has 3 aromatic rings. The first-order valence-electron chi connectivity index (χ1n) is 9.13. The fourth-order valence-electron chi connectivity index (χ4n) is 2.78. The molecule has 0 atom stereocenters. The Morgan fingerprint density at radius 3 is 2.61 bits per heavy atom. The van der Waals surface area contributed by atoms with Crippen molar-refractivity contribution in [2.45, 2.75) is 37.8 Å². The summed E-state index contributed by atoms with van der Waals surface area (Å²) in [6, 6.07) is 16.0. The van der Waals surface area contributed by atoms with E-state index in [4.69, 9.17) is 0 Å². The Hall–Kier alpha value is -2.86. The number of aromatic nitrogens is 3. The third-order valence-corrected chi connectivity index (χ3v) is 5.43. The van der Waals surface area contributed by atoms with E-state index in [0.717, 1.165) is 16.5 Å². The summed E-state index contributed by atoms with van der Waals surface area (Å²) in [6.45, 7) is 8.75. The largest absolute Gasteiger partial charge is 0.345 e. The SMILES string of the molecule is C=CCn1c(CNC(=O)c2ccccc2C)nnc1SCc1ccc(C)cc1. The number of allylic oxidation sites excluding steroid dienone is 1. The van der Waals surface area contributed by atoms with E-state index in [1.54, 1.807) is 11.8 Å². The highest BCUT2D eigenvalue weighted by atomic mass is 32.2. The standard InChI is InChI=1S/C22H24N4OS/c1-4-13-26-20(14-23-21(27)19-8-6-5-7-17(19)3)24-25-22(26)28-15-18-11-9-16(2)10-12-18/h4-12H,1,13-15H2,2-3H3,(H,23,27). The van der Waals surface area contributed by atoms with Crippen molar-refractivity contribution in [2.75, 3.05) is 0 Å². The average Bonchev–Trinajstić information content (AvgIpc) is 3.08. The lowest BCUT2D eigenvalue weighted by molar-refractivity contribution is 0.0949. The van der Waals surface area contributed by atoms with Gasteiger partial charge in [-0.2, -0.15) is 0 Å². The van der Waals surface area contributed by atoms with Crippen molar-refractivity contribution < 1.29 is 4.79 Å². The summed E-state index contributed by atoms with van der Waals surface area (Å²) in [4.78, 5) is 12.5. The second-order valence-corrected chi connectivity index (χ2v) is 7.51. The maximum atomic E-state index is 12.5. The molecule has 0 radical (unpaired) electrons. The molecular formula is C22H24N4OS.